The number of cyclic esters (lactones) is 1. The molecule has 3 N–H and O–H groups in total. The molecule has 0 aliphatic carbocycles. The van der Waals surface area contributed by atoms with Gasteiger partial charge in [-0.2, -0.15) is 4.31 Å². The number of nitrogens with two attached hydrogens (primary N) is 1. The van der Waals surface area contributed by atoms with Gasteiger partial charge in [0.2, 0.25) is 10.0 Å². The Morgan fingerprint density at radius 2 is 1.77 bits per heavy atom. The summed E-state index contributed by atoms with van der Waals surface area (Å²) in [6.07, 6.45) is 2.37. The number of carbonyl (C=O) groups is 1. The van der Waals surface area contributed by atoms with Crippen LogP contribution in [0.2, 0.25) is 0 Å². The smallest absolute Gasteiger partial charge is 0.414 e. The minimum absolute atomic E-state index is 0.0315. The lowest BCUT2D eigenvalue weighted by atomic mass is 10.1. The molecule has 2 aromatic carbocycles. The Hall–Kier alpha value is -2.95. The third-order valence-electron chi connectivity index (χ3n) is 6.13. The van der Waals surface area contributed by atoms with Crippen LogP contribution in [0, 0.1) is 5.41 Å². The topological polar surface area (TPSA) is 120 Å². The van der Waals surface area contributed by atoms with Crippen LogP contribution in [0.1, 0.15) is 30.9 Å². The Kier molecular flexibility index (Phi) is 8.87. The molecule has 1 aliphatic heterocycles. The number of ether oxygens (including phenoxy) is 1. The van der Waals surface area contributed by atoms with Crippen LogP contribution in [-0.4, -0.2) is 75.9 Å². The molecule has 1 amide bonds. The maximum atomic E-state index is 12.9. The number of carbonyl (C=O) groups excluding carboxylic acids is 1. The Bertz CT molecular complexity index is 1120. The van der Waals surface area contributed by atoms with E-state index in [1.807, 2.05) is 24.1 Å². The third-order valence-corrected chi connectivity index (χ3v) is 8.00. The number of aryl methyl sites for hydroxylation is 1. The standard InChI is InChI=1S/C25H35N5O4S/c1-4-5-6-19-7-13-23(14-8-19)35(32,33)29(3)16-15-28(2)17-22-18-30(25(31)34-22)21-11-9-20(10-12-21)24(26)27/h7-14,22H,4-6,15-18H2,1-3H3,(H3,26,27). The van der Waals surface area contributed by atoms with Gasteiger partial charge in [0.05, 0.1) is 11.4 Å². The van der Waals surface area contributed by atoms with Gasteiger partial charge in [-0.05, 0) is 61.9 Å². The molecule has 1 unspecified atom stereocenters. The predicted molar refractivity (Wildman–Crippen MR) is 137 cm³/mol. The first-order valence-corrected chi connectivity index (χ1v) is 13.2. The molecule has 1 fully saturated rings. The molecule has 0 bridgehead atoms. The van der Waals surface area contributed by atoms with Gasteiger partial charge in [0, 0.05) is 37.9 Å². The van der Waals surface area contributed by atoms with Gasteiger partial charge in [0.1, 0.15) is 11.9 Å². The molecule has 0 aromatic heterocycles. The predicted octanol–water partition coefficient (Wildman–Crippen LogP) is 2.89. The van der Waals surface area contributed by atoms with Gasteiger partial charge in [-0.25, -0.2) is 13.2 Å². The summed E-state index contributed by atoms with van der Waals surface area (Å²) < 4.78 is 32.7. The largest absolute Gasteiger partial charge is 0.443 e. The van der Waals surface area contributed by atoms with Crippen LogP contribution in [0.3, 0.4) is 0 Å². The van der Waals surface area contributed by atoms with E-state index in [1.54, 1.807) is 48.3 Å². The second kappa shape index (κ2) is 11.7. The average Bonchev–Trinajstić information content (AvgIpc) is 3.21. The van der Waals surface area contributed by atoms with E-state index in [1.165, 1.54) is 4.31 Å². The van der Waals surface area contributed by atoms with E-state index in [-0.39, 0.29) is 11.9 Å². The summed E-state index contributed by atoms with van der Waals surface area (Å²) in [5.74, 6) is -0.0315. The number of rotatable bonds is 12. The van der Waals surface area contributed by atoms with Gasteiger partial charge in [0.15, 0.2) is 0 Å². The Morgan fingerprint density at radius 1 is 1.11 bits per heavy atom. The van der Waals surface area contributed by atoms with Gasteiger partial charge in [0.25, 0.3) is 0 Å². The fourth-order valence-electron chi connectivity index (χ4n) is 3.91. The number of sulfonamides is 1. The van der Waals surface area contributed by atoms with Crippen molar-refractivity contribution in [1.82, 2.24) is 9.21 Å². The lowest BCUT2D eigenvalue weighted by Gasteiger charge is -2.23. The highest BCUT2D eigenvalue weighted by Gasteiger charge is 2.33. The van der Waals surface area contributed by atoms with Crippen molar-refractivity contribution in [2.24, 2.45) is 5.73 Å². The number of nitrogen functional groups attached to an aromatic ring is 1. The van der Waals surface area contributed by atoms with Crippen LogP contribution in [0.15, 0.2) is 53.4 Å². The highest BCUT2D eigenvalue weighted by Crippen LogP contribution is 2.22. The van der Waals surface area contributed by atoms with Crippen molar-refractivity contribution in [2.45, 2.75) is 37.2 Å². The molecule has 0 spiro atoms. The summed E-state index contributed by atoms with van der Waals surface area (Å²) in [7, 11) is -0.118. The summed E-state index contributed by atoms with van der Waals surface area (Å²) in [5, 5.41) is 7.48. The number of hydrogen-bond acceptors (Lipinski definition) is 6. The number of anilines is 1. The third kappa shape index (κ3) is 6.81. The summed E-state index contributed by atoms with van der Waals surface area (Å²) >= 11 is 0. The first-order valence-electron chi connectivity index (χ1n) is 11.8. The Morgan fingerprint density at radius 3 is 2.37 bits per heavy atom. The van der Waals surface area contributed by atoms with Crippen molar-refractivity contribution in [3.05, 3.63) is 59.7 Å². The van der Waals surface area contributed by atoms with Crippen molar-refractivity contribution in [3.63, 3.8) is 0 Å². The van der Waals surface area contributed by atoms with Gasteiger partial charge in [-0.3, -0.25) is 10.3 Å². The van der Waals surface area contributed by atoms with E-state index in [2.05, 4.69) is 6.92 Å². The lowest BCUT2D eigenvalue weighted by molar-refractivity contribution is 0.116. The fourth-order valence-corrected chi connectivity index (χ4v) is 5.07. The molecule has 1 saturated heterocycles. The minimum Gasteiger partial charge on any atom is -0.443 e. The van der Waals surface area contributed by atoms with Crippen molar-refractivity contribution in [3.8, 4) is 0 Å². The molecular formula is C25H35N5O4S. The lowest BCUT2D eigenvalue weighted by Crippen LogP contribution is -2.38. The number of amides is 1. The van der Waals surface area contributed by atoms with Crippen molar-refractivity contribution in [2.75, 3.05) is 45.2 Å². The molecule has 0 radical (unpaired) electrons. The van der Waals surface area contributed by atoms with E-state index in [0.29, 0.717) is 42.3 Å². The summed E-state index contributed by atoms with van der Waals surface area (Å²) in [6, 6.07) is 14.0. The van der Waals surface area contributed by atoms with Gasteiger partial charge in [-0.1, -0.05) is 25.5 Å². The van der Waals surface area contributed by atoms with Crippen LogP contribution >= 0.6 is 0 Å². The number of likely N-dealkylation sites (N-methyl/N-ethyl adjacent to an activating group) is 2. The van der Waals surface area contributed by atoms with Crippen LogP contribution in [0.5, 0.6) is 0 Å². The van der Waals surface area contributed by atoms with E-state index in [0.717, 1.165) is 24.8 Å². The van der Waals surface area contributed by atoms with E-state index >= 15 is 0 Å². The van der Waals surface area contributed by atoms with Crippen LogP contribution in [0.25, 0.3) is 0 Å². The molecule has 1 atom stereocenters. The van der Waals surface area contributed by atoms with Crippen molar-refractivity contribution in [1.29, 1.82) is 5.41 Å². The van der Waals surface area contributed by atoms with Crippen molar-refractivity contribution >= 4 is 27.6 Å². The second-order valence-corrected chi connectivity index (χ2v) is 11.0. The molecule has 1 aliphatic rings. The Balaban J connectivity index is 1.50. The number of nitrogens with one attached hydrogen (secondary N) is 1. The highest BCUT2D eigenvalue weighted by molar-refractivity contribution is 7.89. The molecule has 2 aromatic rings. The number of unbranched alkanes of at least 4 members (excludes halogenated alkanes) is 1. The van der Waals surface area contributed by atoms with Crippen LogP contribution in [0.4, 0.5) is 10.5 Å². The normalized spacial score (nSPS) is 16.2. The monoisotopic (exact) mass is 501 g/mol. The molecule has 190 valence electrons. The van der Waals surface area contributed by atoms with Gasteiger partial charge in [-0.15, -0.1) is 0 Å². The quantitative estimate of drug-likeness (QED) is 0.341. The van der Waals surface area contributed by atoms with Gasteiger partial charge >= 0.3 is 6.09 Å². The maximum Gasteiger partial charge on any atom is 0.414 e. The Labute approximate surface area is 208 Å². The zero-order valence-corrected chi connectivity index (χ0v) is 21.4. The molecule has 35 heavy (non-hydrogen) atoms. The van der Waals surface area contributed by atoms with E-state index in [9.17, 15) is 13.2 Å². The zero-order valence-electron chi connectivity index (χ0n) is 20.6. The van der Waals surface area contributed by atoms with Crippen molar-refractivity contribution < 1.29 is 17.9 Å². The minimum atomic E-state index is -3.57. The first kappa shape index (κ1) is 26.7. The van der Waals surface area contributed by atoms with Gasteiger partial charge < -0.3 is 15.4 Å². The zero-order chi connectivity index (χ0) is 25.6. The number of benzene rings is 2. The SMILES string of the molecule is CCCCc1ccc(S(=O)(=O)N(C)CCN(C)CC2CN(c3ccc(C(=N)N)cc3)C(=O)O2)cc1. The fraction of sp³-hybridized carbons (Fsp3) is 0.440. The number of nitrogens with zero attached hydrogens (tertiary/aromatic N) is 3. The molecule has 1 heterocycles. The molecular weight excluding hydrogens is 466 g/mol. The summed E-state index contributed by atoms with van der Waals surface area (Å²) in [4.78, 5) is 16.1. The summed E-state index contributed by atoms with van der Waals surface area (Å²) in [5.41, 5.74) is 7.89. The molecule has 9 nitrogen and oxygen atoms in total. The second-order valence-electron chi connectivity index (χ2n) is 8.91. The summed E-state index contributed by atoms with van der Waals surface area (Å²) in [6.45, 7) is 3.81. The molecule has 0 saturated carbocycles. The highest BCUT2D eigenvalue weighted by atomic mass is 32.2. The van der Waals surface area contributed by atoms with Crippen LogP contribution < -0.4 is 10.6 Å². The maximum absolute atomic E-state index is 12.9. The number of amidine groups is 1. The first-order chi connectivity index (χ1) is 16.6. The molecule has 10 heteroatoms. The molecule has 3 rings (SSSR count). The number of hydrogen-bond donors (Lipinski definition) is 2. The van der Waals surface area contributed by atoms with E-state index in [4.69, 9.17) is 15.9 Å². The average molecular weight is 502 g/mol. The van der Waals surface area contributed by atoms with Crippen LogP contribution in [-0.2, 0) is 21.2 Å². The van der Waals surface area contributed by atoms with E-state index < -0.39 is 16.1 Å².